The first-order valence-corrected chi connectivity index (χ1v) is 6.07. The Morgan fingerprint density at radius 1 is 1.20 bits per heavy atom. The lowest BCUT2D eigenvalue weighted by Crippen LogP contribution is -2.17. The Balaban J connectivity index is 1.98. The maximum absolute atomic E-state index is 12.4. The molecule has 0 aliphatic carbocycles. The number of H-pyrrole nitrogens is 2. The molecule has 98 valence electrons. The van der Waals surface area contributed by atoms with Crippen LogP contribution < -0.4 is 5.56 Å². The van der Waals surface area contributed by atoms with E-state index in [1.54, 1.807) is 24.7 Å². The number of fused-ring (bicyclic) bond motifs is 1. The Labute approximate surface area is 112 Å². The zero-order valence-corrected chi connectivity index (χ0v) is 10.3. The zero-order chi connectivity index (χ0) is 13.5. The Bertz CT molecular complexity index is 914. The summed E-state index contributed by atoms with van der Waals surface area (Å²) in [6, 6.07) is 5.57. The number of aromatic amines is 2. The van der Waals surface area contributed by atoms with Crippen LogP contribution in [-0.2, 0) is 0 Å². The van der Waals surface area contributed by atoms with Crippen molar-refractivity contribution in [2.75, 3.05) is 0 Å². The Hall–Kier alpha value is -3.09. The van der Waals surface area contributed by atoms with E-state index >= 15 is 0 Å². The molecule has 0 saturated carbocycles. The van der Waals surface area contributed by atoms with Crippen LogP contribution in [0.1, 0.15) is 0 Å². The van der Waals surface area contributed by atoms with E-state index in [2.05, 4.69) is 20.3 Å². The highest BCUT2D eigenvalue weighted by atomic mass is 16.1. The molecule has 0 saturated heterocycles. The summed E-state index contributed by atoms with van der Waals surface area (Å²) in [5, 5.41) is 9.55. The van der Waals surface area contributed by atoms with Crippen LogP contribution in [0.25, 0.3) is 22.6 Å². The van der Waals surface area contributed by atoms with Crippen molar-refractivity contribution in [1.29, 1.82) is 0 Å². The maximum atomic E-state index is 12.4. The van der Waals surface area contributed by atoms with E-state index in [-0.39, 0.29) is 5.56 Å². The predicted octanol–water partition coefficient (Wildman–Crippen LogP) is 1.20. The van der Waals surface area contributed by atoms with E-state index in [4.69, 9.17) is 0 Å². The smallest absolute Gasteiger partial charge is 0.282 e. The third-order valence-electron chi connectivity index (χ3n) is 3.19. The second-order valence-electron chi connectivity index (χ2n) is 4.36. The van der Waals surface area contributed by atoms with Crippen molar-refractivity contribution < 1.29 is 0 Å². The number of hydrogen-bond donors (Lipinski definition) is 2. The summed E-state index contributed by atoms with van der Waals surface area (Å²) < 4.78 is 3.32. The summed E-state index contributed by atoms with van der Waals surface area (Å²) in [4.78, 5) is 16.8. The van der Waals surface area contributed by atoms with E-state index in [1.165, 1.54) is 4.52 Å². The molecule has 0 bridgehead atoms. The highest BCUT2D eigenvalue weighted by Gasteiger charge is 2.12. The summed E-state index contributed by atoms with van der Waals surface area (Å²) in [5.41, 5.74) is 2.35. The molecule has 4 heterocycles. The van der Waals surface area contributed by atoms with Gasteiger partial charge in [0.25, 0.3) is 5.56 Å². The number of nitrogens with one attached hydrogen (secondary N) is 2. The monoisotopic (exact) mass is 266 g/mol. The van der Waals surface area contributed by atoms with Gasteiger partial charge < -0.3 is 4.57 Å². The largest absolute Gasteiger partial charge is 0.319 e. The number of hydrogen-bond acceptors (Lipinski definition) is 3. The zero-order valence-electron chi connectivity index (χ0n) is 10.3. The third-order valence-corrected chi connectivity index (χ3v) is 3.19. The first-order chi connectivity index (χ1) is 9.84. The molecule has 7 nitrogen and oxygen atoms in total. The van der Waals surface area contributed by atoms with E-state index in [1.807, 2.05) is 29.1 Å². The van der Waals surface area contributed by atoms with Crippen molar-refractivity contribution in [2.45, 2.75) is 0 Å². The van der Waals surface area contributed by atoms with Gasteiger partial charge in [0, 0.05) is 31.0 Å². The van der Waals surface area contributed by atoms with Gasteiger partial charge in [0.05, 0.1) is 11.3 Å². The van der Waals surface area contributed by atoms with Crippen LogP contribution in [0.5, 0.6) is 0 Å². The van der Waals surface area contributed by atoms with E-state index in [9.17, 15) is 4.79 Å². The molecule has 4 aromatic heterocycles. The fourth-order valence-electron chi connectivity index (χ4n) is 2.22. The van der Waals surface area contributed by atoms with Crippen LogP contribution in [0.15, 0.2) is 54.0 Å². The SMILES string of the molecule is O=c1c(-c2ccn[nH]2)cnc2c(-n3cccc3)c[nH]n12. The molecular formula is C13H10N6O. The Morgan fingerprint density at radius 2 is 2.05 bits per heavy atom. The van der Waals surface area contributed by atoms with Crippen LogP contribution >= 0.6 is 0 Å². The van der Waals surface area contributed by atoms with Crippen molar-refractivity contribution in [1.82, 2.24) is 29.4 Å². The van der Waals surface area contributed by atoms with Crippen LogP contribution in [0.3, 0.4) is 0 Å². The lowest BCUT2D eigenvalue weighted by atomic mass is 10.2. The van der Waals surface area contributed by atoms with Crippen LogP contribution in [0.2, 0.25) is 0 Å². The van der Waals surface area contributed by atoms with Crippen molar-refractivity contribution in [3.8, 4) is 16.9 Å². The predicted molar refractivity (Wildman–Crippen MR) is 72.7 cm³/mol. The molecule has 20 heavy (non-hydrogen) atoms. The van der Waals surface area contributed by atoms with Gasteiger partial charge in [-0.15, -0.1) is 0 Å². The molecule has 7 heteroatoms. The highest BCUT2D eigenvalue weighted by molar-refractivity contribution is 5.63. The molecular weight excluding hydrogens is 256 g/mol. The van der Waals surface area contributed by atoms with Gasteiger partial charge in [0.1, 0.15) is 5.69 Å². The normalized spacial score (nSPS) is 11.2. The fourth-order valence-corrected chi connectivity index (χ4v) is 2.22. The number of aromatic nitrogens is 6. The van der Waals surface area contributed by atoms with E-state index in [0.717, 1.165) is 5.69 Å². The summed E-state index contributed by atoms with van der Waals surface area (Å²) >= 11 is 0. The molecule has 4 rings (SSSR count). The van der Waals surface area contributed by atoms with Gasteiger partial charge in [0.2, 0.25) is 0 Å². The van der Waals surface area contributed by atoms with Gasteiger partial charge in [-0.2, -0.15) is 9.61 Å². The minimum atomic E-state index is -0.169. The van der Waals surface area contributed by atoms with Gasteiger partial charge in [-0.1, -0.05) is 0 Å². The quantitative estimate of drug-likeness (QED) is 0.572. The number of rotatable bonds is 2. The molecule has 0 aliphatic rings. The van der Waals surface area contributed by atoms with Crippen LogP contribution in [-0.4, -0.2) is 29.4 Å². The third kappa shape index (κ3) is 1.43. The molecule has 0 atom stereocenters. The van der Waals surface area contributed by atoms with Crippen molar-refractivity contribution in [2.24, 2.45) is 0 Å². The molecule has 4 aromatic rings. The van der Waals surface area contributed by atoms with Crippen molar-refractivity contribution in [3.63, 3.8) is 0 Å². The molecule has 0 aliphatic heterocycles. The Kier molecular flexibility index (Phi) is 2.13. The summed E-state index contributed by atoms with van der Waals surface area (Å²) in [6.07, 6.45) is 8.71. The van der Waals surface area contributed by atoms with E-state index < -0.39 is 0 Å². The van der Waals surface area contributed by atoms with Gasteiger partial charge in [-0.25, -0.2) is 4.98 Å². The van der Waals surface area contributed by atoms with Crippen LogP contribution in [0.4, 0.5) is 0 Å². The summed E-state index contributed by atoms with van der Waals surface area (Å²) in [5.74, 6) is 0. The van der Waals surface area contributed by atoms with E-state index in [0.29, 0.717) is 16.9 Å². The first kappa shape index (κ1) is 10.8. The highest BCUT2D eigenvalue weighted by Crippen LogP contribution is 2.15. The molecule has 0 unspecified atom stereocenters. The summed E-state index contributed by atoms with van der Waals surface area (Å²) in [7, 11) is 0. The first-order valence-electron chi connectivity index (χ1n) is 6.07. The average Bonchev–Trinajstić information content (AvgIpc) is 3.20. The van der Waals surface area contributed by atoms with Gasteiger partial charge in [-0.3, -0.25) is 15.0 Å². The lowest BCUT2D eigenvalue weighted by Gasteiger charge is -2.01. The molecule has 2 N–H and O–H groups in total. The maximum Gasteiger partial charge on any atom is 0.282 e. The van der Waals surface area contributed by atoms with Gasteiger partial charge in [-0.05, 0) is 18.2 Å². The second-order valence-corrected chi connectivity index (χ2v) is 4.36. The van der Waals surface area contributed by atoms with Crippen LogP contribution in [0, 0.1) is 0 Å². The molecule has 0 radical (unpaired) electrons. The van der Waals surface area contributed by atoms with Gasteiger partial charge in [0.15, 0.2) is 5.65 Å². The number of nitrogens with zero attached hydrogens (tertiary/aromatic N) is 4. The van der Waals surface area contributed by atoms with Gasteiger partial charge >= 0.3 is 0 Å². The minimum Gasteiger partial charge on any atom is -0.319 e. The topological polar surface area (TPSA) is 83.8 Å². The standard InChI is InChI=1S/C13H10N6O/c20-13-9(10-3-4-15-17-10)7-14-12-11(8-16-19(12)13)18-5-1-2-6-18/h1-8,16H,(H,15,17). The average molecular weight is 266 g/mol. The Morgan fingerprint density at radius 3 is 2.80 bits per heavy atom. The molecule has 0 aromatic carbocycles. The lowest BCUT2D eigenvalue weighted by molar-refractivity contribution is 0.899. The van der Waals surface area contributed by atoms with Crippen molar-refractivity contribution >= 4 is 5.65 Å². The van der Waals surface area contributed by atoms with Crippen molar-refractivity contribution in [3.05, 3.63) is 59.5 Å². The minimum absolute atomic E-state index is 0.169. The summed E-state index contributed by atoms with van der Waals surface area (Å²) in [6.45, 7) is 0. The second kappa shape index (κ2) is 3.95. The molecule has 0 spiro atoms. The molecule has 0 amide bonds. The molecule has 0 fully saturated rings. The fraction of sp³-hybridized carbons (Fsp3) is 0.